The summed E-state index contributed by atoms with van der Waals surface area (Å²) < 4.78 is 5.04. The third kappa shape index (κ3) is 10.9. The van der Waals surface area contributed by atoms with Crippen molar-refractivity contribution in [1.29, 1.82) is 5.41 Å². The number of esters is 1. The number of carbonyl (C=O) groups excluding carboxylic acids is 5. The van der Waals surface area contributed by atoms with Crippen molar-refractivity contribution in [2.45, 2.75) is 76.5 Å². The molecule has 240 valence electrons. The Morgan fingerprint density at radius 2 is 1.95 bits per heavy atom. The van der Waals surface area contributed by atoms with Crippen molar-refractivity contribution >= 4 is 41.4 Å². The van der Waals surface area contributed by atoms with Gasteiger partial charge in [-0.05, 0) is 31.6 Å². The molecule has 16 nitrogen and oxygen atoms in total. The molecule has 3 rings (SSSR count). The number of nitrogens with zero attached hydrogens (tertiary/aromatic N) is 4. The quantitative estimate of drug-likeness (QED) is 0.0892. The van der Waals surface area contributed by atoms with Gasteiger partial charge in [-0.1, -0.05) is 0 Å². The largest absolute Gasteiger partial charge is 0.481 e. The Bertz CT molecular complexity index is 1230. The van der Waals surface area contributed by atoms with Gasteiger partial charge in [0.25, 0.3) is 11.8 Å². The fourth-order valence-electron chi connectivity index (χ4n) is 5.10. The smallest absolute Gasteiger partial charge is 0.303 e. The Morgan fingerprint density at radius 3 is 2.57 bits per heavy atom. The molecule has 2 fully saturated rings. The van der Waals surface area contributed by atoms with E-state index in [0.29, 0.717) is 25.9 Å². The van der Waals surface area contributed by atoms with Crippen molar-refractivity contribution in [3.8, 4) is 0 Å². The van der Waals surface area contributed by atoms with Crippen LogP contribution in [0.3, 0.4) is 0 Å². The zero-order valence-electron chi connectivity index (χ0n) is 24.7. The van der Waals surface area contributed by atoms with Gasteiger partial charge >= 0.3 is 11.9 Å². The van der Waals surface area contributed by atoms with E-state index in [9.17, 15) is 28.8 Å². The fraction of sp³-hybridized carbons (Fsp3) is 0.607. The van der Waals surface area contributed by atoms with E-state index < -0.39 is 48.2 Å². The van der Waals surface area contributed by atoms with Gasteiger partial charge in [-0.2, -0.15) is 0 Å². The molecule has 3 amide bonds. The van der Waals surface area contributed by atoms with Crippen molar-refractivity contribution in [2.75, 3.05) is 26.2 Å². The molecule has 0 unspecified atom stereocenters. The monoisotopic (exact) mass is 616 g/mol. The van der Waals surface area contributed by atoms with Crippen LogP contribution < -0.4 is 16.4 Å². The predicted octanol–water partition coefficient (Wildman–Crippen LogP) is -0.567. The molecule has 3 atom stereocenters. The zero-order chi connectivity index (χ0) is 32.2. The lowest BCUT2D eigenvalue weighted by Gasteiger charge is -2.33. The molecule has 6 N–H and O–H groups in total. The molecule has 1 aromatic heterocycles. The number of hydrogen-bond donors (Lipinski definition) is 5. The van der Waals surface area contributed by atoms with Crippen LogP contribution in [0, 0.1) is 11.3 Å². The number of hydrogen-bond acceptors (Lipinski definition) is 10. The lowest BCUT2D eigenvalue weighted by atomic mass is 9.91. The standard InChI is InChI=1S/C28H40N8O8/c1-17(37)44-23(6-7-24(39)40)26(42)34-21(14-20(38)13-18-3-2-11-35(16-18)28(29)30)27(43)36(19-4-5-19)12-10-33-25(41)22-15-31-8-9-32-22/h8-9,15,18-19,21,23H,2-7,10-14,16H2,1H3,(H3,29,30)(H,33,41)(H,34,42)(H,39,40)/t18-,21-,23-/m0/s1. The number of nitrogens with one attached hydrogen (secondary N) is 3. The number of ketones is 1. The van der Waals surface area contributed by atoms with Crippen LogP contribution in [0.25, 0.3) is 0 Å². The van der Waals surface area contributed by atoms with Crippen molar-refractivity contribution in [3.63, 3.8) is 0 Å². The minimum Gasteiger partial charge on any atom is -0.481 e. The van der Waals surface area contributed by atoms with Gasteiger partial charge in [0.2, 0.25) is 5.91 Å². The minimum atomic E-state index is -1.47. The number of aromatic nitrogens is 2. The van der Waals surface area contributed by atoms with E-state index in [1.54, 1.807) is 4.90 Å². The molecule has 1 aromatic rings. The maximum absolute atomic E-state index is 13.9. The number of rotatable bonds is 16. The molecular weight excluding hydrogens is 576 g/mol. The number of carboxylic acid groups (broad SMARTS) is 1. The minimum absolute atomic E-state index is 0.0733. The summed E-state index contributed by atoms with van der Waals surface area (Å²) in [6.45, 7) is 2.29. The van der Waals surface area contributed by atoms with E-state index >= 15 is 0 Å². The summed E-state index contributed by atoms with van der Waals surface area (Å²) in [5.74, 6) is -4.37. The summed E-state index contributed by atoms with van der Waals surface area (Å²) in [5.41, 5.74) is 5.73. The van der Waals surface area contributed by atoms with Gasteiger partial charge in [0.1, 0.15) is 17.5 Å². The number of ether oxygens (including phenoxy) is 1. The van der Waals surface area contributed by atoms with E-state index in [-0.39, 0.29) is 61.7 Å². The van der Waals surface area contributed by atoms with Crippen LogP contribution in [0.15, 0.2) is 18.6 Å². The van der Waals surface area contributed by atoms with Crippen LogP contribution in [0.2, 0.25) is 0 Å². The zero-order valence-corrected chi connectivity index (χ0v) is 24.7. The number of aliphatic carboxylic acids is 1. The molecule has 1 saturated carbocycles. The number of guanidine groups is 1. The number of likely N-dealkylation sites (tertiary alicyclic amines) is 1. The molecule has 16 heteroatoms. The van der Waals surface area contributed by atoms with Crippen molar-refractivity contribution in [1.82, 2.24) is 30.4 Å². The number of piperidine rings is 1. The number of Topliss-reactive ketones (excluding diaryl/α,β-unsaturated/α-hetero) is 1. The molecule has 0 bridgehead atoms. The van der Waals surface area contributed by atoms with Gasteiger partial charge in [-0.15, -0.1) is 0 Å². The lowest BCUT2D eigenvalue weighted by Crippen LogP contribution is -2.54. The Kier molecular flexibility index (Phi) is 12.5. The highest BCUT2D eigenvalue weighted by atomic mass is 16.5. The Labute approximate surface area is 254 Å². The second kappa shape index (κ2) is 16.3. The van der Waals surface area contributed by atoms with E-state index in [4.69, 9.17) is 21.0 Å². The Balaban J connectivity index is 1.73. The molecule has 0 spiro atoms. The van der Waals surface area contributed by atoms with E-state index in [2.05, 4.69) is 20.6 Å². The summed E-state index contributed by atoms with van der Waals surface area (Å²) >= 11 is 0. The van der Waals surface area contributed by atoms with Crippen molar-refractivity contribution in [2.24, 2.45) is 11.7 Å². The highest BCUT2D eigenvalue weighted by molar-refractivity contribution is 5.95. The Hall–Kier alpha value is -4.63. The maximum atomic E-state index is 13.9. The highest BCUT2D eigenvalue weighted by Gasteiger charge is 2.38. The van der Waals surface area contributed by atoms with Crippen LogP contribution in [-0.2, 0) is 28.7 Å². The summed E-state index contributed by atoms with van der Waals surface area (Å²) in [6.07, 6.45) is 4.52. The Morgan fingerprint density at radius 1 is 1.20 bits per heavy atom. The van der Waals surface area contributed by atoms with Gasteiger partial charge in [-0.3, -0.25) is 39.2 Å². The predicted molar refractivity (Wildman–Crippen MR) is 154 cm³/mol. The van der Waals surface area contributed by atoms with Crippen LogP contribution in [0.5, 0.6) is 0 Å². The summed E-state index contributed by atoms with van der Waals surface area (Å²) in [7, 11) is 0. The van der Waals surface area contributed by atoms with E-state index in [1.165, 1.54) is 23.5 Å². The molecule has 1 aliphatic carbocycles. The SMILES string of the molecule is CC(=O)O[C@@H](CCC(=O)O)C(=O)N[C@@H](CC(=O)C[C@@H]1CCCN(C(=N)N)C1)C(=O)N(CCNC(=O)c1cnccn1)C1CC1. The molecule has 0 radical (unpaired) electrons. The number of carbonyl (C=O) groups is 6. The first-order chi connectivity index (χ1) is 20.9. The van der Waals surface area contributed by atoms with Crippen LogP contribution in [-0.4, -0.2) is 111 Å². The van der Waals surface area contributed by atoms with Gasteiger partial charge in [-0.25, -0.2) is 4.98 Å². The van der Waals surface area contributed by atoms with Crippen molar-refractivity contribution < 1.29 is 38.6 Å². The van der Waals surface area contributed by atoms with Crippen LogP contribution in [0.1, 0.15) is 68.8 Å². The van der Waals surface area contributed by atoms with Gasteiger partial charge in [0, 0.05) is 77.2 Å². The molecule has 2 heterocycles. The molecule has 44 heavy (non-hydrogen) atoms. The second-order valence-corrected chi connectivity index (χ2v) is 11.0. The third-order valence-electron chi connectivity index (χ3n) is 7.35. The molecule has 1 aliphatic heterocycles. The van der Waals surface area contributed by atoms with Crippen LogP contribution >= 0.6 is 0 Å². The first-order valence-electron chi connectivity index (χ1n) is 14.6. The first kappa shape index (κ1) is 33.9. The van der Waals surface area contributed by atoms with Gasteiger partial charge in [0.15, 0.2) is 12.1 Å². The van der Waals surface area contributed by atoms with Crippen molar-refractivity contribution in [3.05, 3.63) is 24.3 Å². The lowest BCUT2D eigenvalue weighted by molar-refractivity contribution is -0.156. The second-order valence-electron chi connectivity index (χ2n) is 11.0. The molecule has 0 aromatic carbocycles. The number of carboxylic acids is 1. The molecular formula is C28H40N8O8. The average Bonchev–Trinajstić information content (AvgIpc) is 3.82. The summed E-state index contributed by atoms with van der Waals surface area (Å²) in [6, 6.07) is -1.47. The van der Waals surface area contributed by atoms with Crippen LogP contribution in [0.4, 0.5) is 0 Å². The maximum Gasteiger partial charge on any atom is 0.303 e. The third-order valence-corrected chi connectivity index (χ3v) is 7.35. The number of amides is 3. The normalized spacial score (nSPS) is 17.5. The fourth-order valence-corrected chi connectivity index (χ4v) is 5.10. The molecule has 1 saturated heterocycles. The van der Waals surface area contributed by atoms with E-state index in [1.807, 2.05) is 0 Å². The average molecular weight is 617 g/mol. The topological polar surface area (TPSA) is 238 Å². The van der Waals surface area contributed by atoms with E-state index in [0.717, 1.165) is 19.8 Å². The summed E-state index contributed by atoms with van der Waals surface area (Å²) in [5, 5.41) is 22.0. The summed E-state index contributed by atoms with van der Waals surface area (Å²) in [4.78, 5) is 86.4. The van der Waals surface area contributed by atoms with Gasteiger partial charge < -0.3 is 36.0 Å². The van der Waals surface area contributed by atoms with Gasteiger partial charge in [0.05, 0.1) is 6.20 Å². The number of nitrogens with two attached hydrogens (primary N) is 1. The highest BCUT2D eigenvalue weighted by Crippen LogP contribution is 2.28. The molecule has 2 aliphatic rings. The first-order valence-corrected chi connectivity index (χ1v) is 14.6.